The van der Waals surface area contributed by atoms with Crippen molar-refractivity contribution in [1.82, 2.24) is 4.98 Å². The molecule has 0 atom stereocenters. The first-order chi connectivity index (χ1) is 9.93. The van der Waals surface area contributed by atoms with Gasteiger partial charge in [-0.15, -0.1) is 0 Å². The molecule has 0 fully saturated rings. The smallest absolute Gasteiger partial charge is 0.358 e. The van der Waals surface area contributed by atoms with Crippen LogP contribution in [0.1, 0.15) is 27.8 Å². The second-order valence-corrected chi connectivity index (χ2v) is 4.76. The van der Waals surface area contributed by atoms with Gasteiger partial charge in [-0.25, -0.2) is 9.78 Å². The molecule has 2 N–H and O–H groups in total. The summed E-state index contributed by atoms with van der Waals surface area (Å²) in [6.45, 7) is 1.49. The van der Waals surface area contributed by atoms with Crippen LogP contribution in [0.25, 0.3) is 11.3 Å². The van der Waals surface area contributed by atoms with E-state index < -0.39 is 5.97 Å². The number of hydrogen-bond donors (Lipinski definition) is 1. The van der Waals surface area contributed by atoms with Crippen LogP contribution >= 0.6 is 11.6 Å². The molecule has 0 amide bonds. The van der Waals surface area contributed by atoms with Gasteiger partial charge in [0.15, 0.2) is 11.5 Å². The Bertz CT molecular complexity index is 712. The minimum atomic E-state index is -0.658. The number of esters is 1. The summed E-state index contributed by atoms with van der Waals surface area (Å²) < 4.78 is 4.63. The van der Waals surface area contributed by atoms with Gasteiger partial charge in [-0.2, -0.15) is 0 Å². The van der Waals surface area contributed by atoms with Crippen LogP contribution in [-0.2, 0) is 4.74 Å². The van der Waals surface area contributed by atoms with Crippen molar-refractivity contribution in [2.45, 2.75) is 6.92 Å². The predicted molar refractivity (Wildman–Crippen MR) is 80.4 cm³/mol. The summed E-state index contributed by atoms with van der Waals surface area (Å²) in [6.07, 6.45) is 0. The fraction of sp³-hybridized carbons (Fsp3) is 0.133. The number of nitrogens with two attached hydrogens (primary N) is 1. The molecule has 0 radical (unpaired) electrons. The van der Waals surface area contributed by atoms with Crippen molar-refractivity contribution in [2.24, 2.45) is 0 Å². The molecule has 0 aliphatic rings. The quantitative estimate of drug-likeness (QED) is 0.696. The number of carbonyl (C=O) groups excluding carboxylic acids is 2. The highest BCUT2D eigenvalue weighted by Crippen LogP contribution is 2.28. The highest BCUT2D eigenvalue weighted by molar-refractivity contribution is 6.35. The maximum atomic E-state index is 11.6. The van der Waals surface area contributed by atoms with Gasteiger partial charge in [0.1, 0.15) is 0 Å². The number of nitrogen functional groups attached to an aromatic ring is 1. The molecule has 6 heteroatoms. The minimum absolute atomic E-state index is 0.0274. The first kappa shape index (κ1) is 15.0. The van der Waals surface area contributed by atoms with Gasteiger partial charge >= 0.3 is 5.97 Å². The second kappa shape index (κ2) is 5.93. The number of pyridine rings is 1. The first-order valence-electron chi connectivity index (χ1n) is 6.09. The molecule has 0 bridgehead atoms. The Morgan fingerprint density at radius 2 is 1.86 bits per heavy atom. The molecule has 0 aliphatic carbocycles. The number of ether oxygens (including phenoxy) is 1. The molecule has 2 rings (SSSR count). The Balaban J connectivity index is 2.51. The van der Waals surface area contributed by atoms with Crippen LogP contribution in [-0.4, -0.2) is 23.8 Å². The molecule has 1 aromatic heterocycles. The van der Waals surface area contributed by atoms with Crippen molar-refractivity contribution < 1.29 is 14.3 Å². The van der Waals surface area contributed by atoms with Crippen LogP contribution in [0.2, 0.25) is 5.02 Å². The number of rotatable bonds is 3. The monoisotopic (exact) mass is 304 g/mol. The lowest BCUT2D eigenvalue weighted by Crippen LogP contribution is -2.08. The SMILES string of the molecule is COC(=O)c1nc(-c2ccc(C(C)=O)cc2)cc(N)c1Cl. The normalized spacial score (nSPS) is 10.2. The molecule has 0 saturated carbocycles. The van der Waals surface area contributed by atoms with E-state index in [1.54, 1.807) is 30.3 Å². The van der Waals surface area contributed by atoms with E-state index in [0.29, 0.717) is 16.8 Å². The maximum Gasteiger partial charge on any atom is 0.358 e. The standard InChI is InChI=1S/C15H13ClN2O3/c1-8(19)9-3-5-10(6-4-9)12-7-11(17)13(16)14(18-12)15(20)21-2/h3-7H,1-2H3,(H2,17,18). The minimum Gasteiger partial charge on any atom is -0.464 e. The van der Waals surface area contributed by atoms with Crippen molar-refractivity contribution in [3.05, 3.63) is 46.6 Å². The van der Waals surface area contributed by atoms with Gasteiger partial charge in [0.2, 0.25) is 0 Å². The summed E-state index contributed by atoms with van der Waals surface area (Å²) in [5.74, 6) is -0.686. The van der Waals surface area contributed by atoms with Crippen LogP contribution in [0.4, 0.5) is 5.69 Å². The summed E-state index contributed by atoms with van der Waals surface area (Å²) >= 11 is 5.96. The summed E-state index contributed by atoms with van der Waals surface area (Å²) in [6, 6.07) is 8.39. The third kappa shape index (κ3) is 3.03. The topological polar surface area (TPSA) is 82.3 Å². The lowest BCUT2D eigenvalue weighted by Gasteiger charge is -2.08. The van der Waals surface area contributed by atoms with Gasteiger partial charge in [-0.3, -0.25) is 4.79 Å². The Morgan fingerprint density at radius 3 is 2.38 bits per heavy atom. The van der Waals surface area contributed by atoms with Crippen LogP contribution in [0.15, 0.2) is 30.3 Å². The summed E-state index contributed by atoms with van der Waals surface area (Å²) in [7, 11) is 1.24. The number of Topliss-reactive ketones (excluding diaryl/α,β-unsaturated/α-hetero) is 1. The zero-order valence-electron chi connectivity index (χ0n) is 11.5. The maximum absolute atomic E-state index is 11.6. The predicted octanol–water partition coefficient (Wildman–Crippen LogP) is 2.97. The van der Waals surface area contributed by atoms with E-state index in [2.05, 4.69) is 9.72 Å². The summed E-state index contributed by atoms with van der Waals surface area (Å²) in [5.41, 5.74) is 7.78. The Morgan fingerprint density at radius 1 is 1.24 bits per heavy atom. The van der Waals surface area contributed by atoms with Gasteiger partial charge in [0.05, 0.1) is 23.5 Å². The van der Waals surface area contributed by atoms with Crippen molar-refractivity contribution in [1.29, 1.82) is 0 Å². The van der Waals surface area contributed by atoms with Crippen LogP contribution in [0.5, 0.6) is 0 Å². The molecule has 0 saturated heterocycles. The highest BCUT2D eigenvalue weighted by Gasteiger charge is 2.17. The van der Waals surface area contributed by atoms with Crippen LogP contribution in [0, 0.1) is 0 Å². The van der Waals surface area contributed by atoms with E-state index >= 15 is 0 Å². The first-order valence-corrected chi connectivity index (χ1v) is 6.47. The number of methoxy groups -OCH3 is 1. The van der Waals surface area contributed by atoms with E-state index in [4.69, 9.17) is 17.3 Å². The molecule has 108 valence electrons. The molecule has 0 unspecified atom stereocenters. The Labute approximate surface area is 126 Å². The van der Waals surface area contributed by atoms with Crippen molar-refractivity contribution in [3.8, 4) is 11.3 Å². The lowest BCUT2D eigenvalue weighted by atomic mass is 10.1. The third-order valence-electron chi connectivity index (χ3n) is 2.95. The number of anilines is 1. The number of halogens is 1. The largest absolute Gasteiger partial charge is 0.464 e. The second-order valence-electron chi connectivity index (χ2n) is 4.38. The molecule has 1 heterocycles. The number of ketones is 1. The number of nitrogens with zero attached hydrogens (tertiary/aromatic N) is 1. The number of carbonyl (C=O) groups is 2. The van der Waals surface area contributed by atoms with E-state index in [1.165, 1.54) is 14.0 Å². The van der Waals surface area contributed by atoms with Gasteiger partial charge < -0.3 is 10.5 Å². The summed E-state index contributed by atoms with van der Waals surface area (Å²) in [5, 5.41) is 0.0611. The van der Waals surface area contributed by atoms with Crippen LogP contribution < -0.4 is 5.73 Å². The number of hydrogen-bond acceptors (Lipinski definition) is 5. The molecule has 21 heavy (non-hydrogen) atoms. The van der Waals surface area contributed by atoms with Crippen molar-refractivity contribution in [2.75, 3.05) is 12.8 Å². The van der Waals surface area contributed by atoms with E-state index in [9.17, 15) is 9.59 Å². The van der Waals surface area contributed by atoms with Gasteiger partial charge in [0.25, 0.3) is 0 Å². The number of aromatic nitrogens is 1. The van der Waals surface area contributed by atoms with Crippen molar-refractivity contribution in [3.63, 3.8) is 0 Å². The average molecular weight is 305 g/mol. The van der Waals surface area contributed by atoms with E-state index in [-0.39, 0.29) is 22.2 Å². The third-order valence-corrected chi connectivity index (χ3v) is 3.35. The highest BCUT2D eigenvalue weighted by atomic mass is 35.5. The molecule has 0 spiro atoms. The lowest BCUT2D eigenvalue weighted by molar-refractivity contribution is 0.0594. The Kier molecular flexibility index (Phi) is 4.23. The van der Waals surface area contributed by atoms with E-state index in [1.807, 2.05) is 0 Å². The molecule has 0 aliphatic heterocycles. The van der Waals surface area contributed by atoms with Crippen molar-refractivity contribution >= 4 is 29.0 Å². The summed E-state index contributed by atoms with van der Waals surface area (Å²) in [4.78, 5) is 27.1. The zero-order valence-corrected chi connectivity index (χ0v) is 12.3. The molecule has 5 nitrogen and oxygen atoms in total. The van der Waals surface area contributed by atoms with Crippen LogP contribution in [0.3, 0.4) is 0 Å². The van der Waals surface area contributed by atoms with Gasteiger partial charge in [0, 0.05) is 11.1 Å². The van der Waals surface area contributed by atoms with E-state index in [0.717, 1.165) is 0 Å². The average Bonchev–Trinajstić information content (AvgIpc) is 2.49. The number of benzene rings is 1. The zero-order chi connectivity index (χ0) is 15.6. The molecule has 2 aromatic rings. The van der Waals surface area contributed by atoms with Gasteiger partial charge in [-0.1, -0.05) is 35.9 Å². The fourth-order valence-corrected chi connectivity index (χ4v) is 1.98. The van der Waals surface area contributed by atoms with Gasteiger partial charge in [-0.05, 0) is 13.0 Å². The fourth-order valence-electron chi connectivity index (χ4n) is 1.80. The molecular weight excluding hydrogens is 292 g/mol. The Hall–Kier alpha value is -2.40. The molecular formula is C15H13ClN2O3. The molecule has 1 aromatic carbocycles.